The Hall–Kier alpha value is -7.16. The lowest BCUT2D eigenvalue weighted by Crippen LogP contribution is -2.04. The van der Waals surface area contributed by atoms with Crippen LogP contribution in [0.4, 0.5) is 0 Å². The van der Waals surface area contributed by atoms with E-state index in [9.17, 15) is 0 Å². The van der Waals surface area contributed by atoms with Gasteiger partial charge in [0, 0.05) is 44.4 Å². The highest BCUT2D eigenvalue weighted by Crippen LogP contribution is 2.54. The molecule has 54 heavy (non-hydrogen) atoms. The number of para-hydroxylation sites is 2. The lowest BCUT2D eigenvalue weighted by atomic mass is 9.84. The molecule has 0 atom stereocenters. The van der Waals surface area contributed by atoms with Crippen molar-refractivity contribution in [2.75, 3.05) is 0 Å². The van der Waals surface area contributed by atoms with E-state index in [1.807, 2.05) is 0 Å². The van der Waals surface area contributed by atoms with E-state index >= 15 is 0 Å². The Morgan fingerprint density at radius 3 is 0.963 bits per heavy atom. The highest BCUT2D eigenvalue weighted by atomic mass is 15.0. The maximum atomic E-state index is 2.49. The second kappa shape index (κ2) is 12.2. The third kappa shape index (κ3) is 4.60. The second-order valence-corrected chi connectivity index (χ2v) is 14.1. The molecule has 2 heterocycles. The first kappa shape index (κ1) is 30.5. The number of aromatic nitrogens is 2. The Morgan fingerprint density at radius 1 is 0.241 bits per heavy atom. The van der Waals surface area contributed by atoms with E-state index in [1.165, 1.54) is 88.8 Å². The van der Waals surface area contributed by atoms with Crippen molar-refractivity contribution in [2.45, 2.75) is 0 Å². The van der Waals surface area contributed by atoms with Crippen LogP contribution in [-0.4, -0.2) is 9.13 Å². The first-order chi connectivity index (χ1) is 26.8. The fourth-order valence-electron chi connectivity index (χ4n) is 8.75. The van der Waals surface area contributed by atoms with E-state index in [4.69, 9.17) is 0 Å². The molecule has 0 fully saturated rings. The maximum Gasteiger partial charge on any atom is 0.0626 e. The van der Waals surface area contributed by atoms with Gasteiger partial charge in [0.1, 0.15) is 0 Å². The molecule has 0 unspecified atom stereocenters. The van der Waals surface area contributed by atoms with Crippen LogP contribution in [0, 0.1) is 0 Å². The predicted octanol–water partition coefficient (Wildman–Crippen LogP) is 13.9. The minimum atomic E-state index is 1.14. The van der Waals surface area contributed by atoms with E-state index in [1.54, 1.807) is 0 Å². The van der Waals surface area contributed by atoms with Crippen molar-refractivity contribution in [3.63, 3.8) is 0 Å². The molecule has 0 radical (unpaired) electrons. The van der Waals surface area contributed by atoms with Crippen LogP contribution in [-0.2, 0) is 0 Å². The highest BCUT2D eigenvalue weighted by molar-refractivity contribution is 6.17. The van der Waals surface area contributed by atoms with E-state index in [0.29, 0.717) is 0 Å². The summed E-state index contributed by atoms with van der Waals surface area (Å²) in [4.78, 5) is 0. The van der Waals surface area contributed by atoms with Gasteiger partial charge in [0.25, 0.3) is 0 Å². The van der Waals surface area contributed by atoms with Gasteiger partial charge in [-0.2, -0.15) is 0 Å². The van der Waals surface area contributed by atoms with E-state index < -0.39 is 0 Å². The smallest absolute Gasteiger partial charge is 0.0626 e. The molecular formula is C52H34N2. The van der Waals surface area contributed by atoms with Crippen molar-refractivity contribution in [1.82, 2.24) is 9.13 Å². The van der Waals surface area contributed by atoms with Gasteiger partial charge >= 0.3 is 0 Å². The lowest BCUT2D eigenvalue weighted by molar-refractivity contribution is 1.12. The van der Waals surface area contributed by atoms with E-state index in [0.717, 1.165) is 11.4 Å². The second-order valence-electron chi connectivity index (χ2n) is 14.1. The number of fused-ring (bicyclic) bond motifs is 12. The quantitative estimate of drug-likeness (QED) is 0.174. The zero-order valence-corrected chi connectivity index (χ0v) is 29.5. The maximum absolute atomic E-state index is 2.49. The van der Waals surface area contributed by atoms with Crippen LogP contribution in [0.1, 0.15) is 0 Å². The van der Waals surface area contributed by atoms with Crippen molar-refractivity contribution in [2.24, 2.45) is 0 Å². The van der Waals surface area contributed by atoms with Crippen LogP contribution in [0.2, 0.25) is 0 Å². The zero-order valence-electron chi connectivity index (χ0n) is 29.5. The van der Waals surface area contributed by atoms with Crippen LogP contribution < -0.4 is 0 Å². The number of rotatable bonds is 4. The minimum Gasteiger partial charge on any atom is -0.309 e. The number of hydrogen-bond acceptors (Lipinski definition) is 0. The molecule has 0 saturated carbocycles. The fourth-order valence-corrected chi connectivity index (χ4v) is 8.75. The molecule has 0 N–H and O–H groups in total. The molecule has 0 spiro atoms. The van der Waals surface area contributed by atoms with Gasteiger partial charge in [0.05, 0.1) is 22.4 Å². The van der Waals surface area contributed by atoms with Crippen molar-refractivity contribution in [3.8, 4) is 78.4 Å². The Bertz CT molecular complexity index is 2790. The highest BCUT2D eigenvalue weighted by Gasteiger charge is 2.31. The Morgan fingerprint density at radius 2 is 0.556 bits per heavy atom. The third-order valence-electron chi connectivity index (χ3n) is 11.1. The van der Waals surface area contributed by atoms with Crippen LogP contribution >= 0.6 is 0 Å². The molecule has 10 aromatic rings. The van der Waals surface area contributed by atoms with Crippen molar-refractivity contribution < 1.29 is 0 Å². The topological polar surface area (TPSA) is 9.86 Å². The summed E-state index contributed by atoms with van der Waals surface area (Å²) in [5, 5.41) is 2.48. The first-order valence-corrected chi connectivity index (χ1v) is 18.6. The number of nitrogens with zero attached hydrogens (tertiary/aromatic N) is 2. The lowest BCUT2D eigenvalue weighted by Gasteiger charge is -2.23. The molecule has 0 amide bonds. The summed E-state index contributed by atoms with van der Waals surface area (Å²) in [6.45, 7) is 0. The SMILES string of the molecule is c1ccc(-c2ccc(-n3c4c(c5ccccc53)-c3ccccc3-c3c(n(-c5ccc(-c6ccccc6)cc5)c5ccccc35)-c3ccccc3-4)cc2)cc1. The summed E-state index contributed by atoms with van der Waals surface area (Å²) in [6.07, 6.45) is 0. The molecule has 1 aliphatic rings. The fraction of sp³-hybridized carbons (Fsp3) is 0. The van der Waals surface area contributed by atoms with E-state index in [-0.39, 0.29) is 0 Å². The molecule has 0 saturated heterocycles. The average Bonchev–Trinajstić information content (AvgIpc) is 3.77. The summed E-state index contributed by atoms with van der Waals surface area (Å²) in [5.41, 5.74) is 19.3. The largest absolute Gasteiger partial charge is 0.309 e. The molecule has 11 rings (SSSR count). The monoisotopic (exact) mass is 686 g/mol. The summed E-state index contributed by atoms with van der Waals surface area (Å²) in [6, 6.07) is 75.2. The minimum absolute atomic E-state index is 1.14. The summed E-state index contributed by atoms with van der Waals surface area (Å²) in [7, 11) is 0. The normalized spacial score (nSPS) is 11.7. The predicted molar refractivity (Wildman–Crippen MR) is 226 cm³/mol. The average molecular weight is 687 g/mol. The van der Waals surface area contributed by atoms with E-state index in [2.05, 4.69) is 215 Å². The molecule has 8 aromatic carbocycles. The van der Waals surface area contributed by atoms with Crippen LogP contribution in [0.25, 0.3) is 100 Å². The molecule has 2 aromatic heterocycles. The standard InChI is InChI=1S/C52H34N2/c1-3-15-35(16-4-1)37-27-31-39(32-28-37)53-47-25-13-11-23-45(47)49-41-19-7-8-20-42(41)50-46-24-12-14-26-48(46)54(52(50)44-22-10-9-21-43(44)51(49)53)40-33-29-38(30-34-40)36-17-5-2-6-18-36/h1-34H. The van der Waals surface area contributed by atoms with Gasteiger partial charge in [-0.15, -0.1) is 0 Å². The van der Waals surface area contributed by atoms with Crippen LogP contribution in [0.15, 0.2) is 206 Å². The van der Waals surface area contributed by atoms with Gasteiger partial charge in [0.15, 0.2) is 0 Å². The van der Waals surface area contributed by atoms with Gasteiger partial charge in [-0.25, -0.2) is 0 Å². The van der Waals surface area contributed by atoms with Crippen LogP contribution in [0.5, 0.6) is 0 Å². The van der Waals surface area contributed by atoms with Gasteiger partial charge in [-0.3, -0.25) is 0 Å². The van der Waals surface area contributed by atoms with Gasteiger partial charge < -0.3 is 9.13 Å². The molecule has 2 heteroatoms. The number of benzene rings is 8. The van der Waals surface area contributed by atoms with Gasteiger partial charge in [-0.1, -0.05) is 170 Å². The Kier molecular flexibility index (Phi) is 6.90. The van der Waals surface area contributed by atoms with Gasteiger partial charge in [0.2, 0.25) is 0 Å². The summed E-state index contributed by atoms with van der Waals surface area (Å²) < 4.78 is 4.98. The van der Waals surface area contributed by atoms with Crippen molar-refractivity contribution in [3.05, 3.63) is 206 Å². The molecule has 2 nitrogen and oxygen atoms in total. The molecule has 0 bridgehead atoms. The van der Waals surface area contributed by atoms with Gasteiger partial charge in [-0.05, 0) is 69.8 Å². The third-order valence-corrected chi connectivity index (χ3v) is 11.1. The summed E-state index contributed by atoms with van der Waals surface area (Å²) >= 11 is 0. The van der Waals surface area contributed by atoms with Crippen molar-refractivity contribution >= 4 is 21.8 Å². The van der Waals surface area contributed by atoms with Crippen LogP contribution in [0.3, 0.4) is 0 Å². The first-order valence-electron chi connectivity index (χ1n) is 18.6. The molecule has 252 valence electrons. The summed E-state index contributed by atoms with van der Waals surface area (Å²) in [5.74, 6) is 0. The van der Waals surface area contributed by atoms with Crippen molar-refractivity contribution in [1.29, 1.82) is 0 Å². The molecule has 1 aliphatic carbocycles. The zero-order chi connectivity index (χ0) is 35.6. The Labute approximate surface area is 314 Å². The molecule has 0 aliphatic heterocycles. The Balaban J connectivity index is 1.23. The number of hydrogen-bond donors (Lipinski definition) is 0. The molecular weight excluding hydrogens is 653 g/mol.